The highest BCUT2D eigenvalue weighted by molar-refractivity contribution is 7.14. The molecule has 4 rings (SSSR count). The Kier molecular flexibility index (Phi) is 3.84. The molecular formula is C17H13N3O3S. The van der Waals surface area contributed by atoms with Crippen LogP contribution in [0.3, 0.4) is 0 Å². The quantitative estimate of drug-likeness (QED) is 0.790. The number of carbonyl (C=O) groups excluding carboxylic acids is 1. The summed E-state index contributed by atoms with van der Waals surface area (Å²) < 4.78 is 10.6. The van der Waals surface area contributed by atoms with Crippen LogP contribution in [0.25, 0.3) is 11.3 Å². The average molecular weight is 339 g/mol. The van der Waals surface area contributed by atoms with E-state index in [4.69, 9.17) is 9.47 Å². The molecule has 3 heterocycles. The molecule has 6 nitrogen and oxygen atoms in total. The summed E-state index contributed by atoms with van der Waals surface area (Å²) in [6, 6.07) is 9.28. The number of pyridine rings is 1. The summed E-state index contributed by atoms with van der Waals surface area (Å²) >= 11 is 1.39. The van der Waals surface area contributed by atoms with Crippen molar-refractivity contribution in [2.45, 2.75) is 6.42 Å². The summed E-state index contributed by atoms with van der Waals surface area (Å²) in [5.74, 6) is 1.26. The highest BCUT2D eigenvalue weighted by Crippen LogP contribution is 2.32. The zero-order valence-corrected chi connectivity index (χ0v) is 13.4. The zero-order valence-electron chi connectivity index (χ0n) is 12.6. The van der Waals surface area contributed by atoms with Crippen molar-refractivity contribution in [2.24, 2.45) is 0 Å². The van der Waals surface area contributed by atoms with Gasteiger partial charge in [0.15, 0.2) is 16.6 Å². The van der Waals surface area contributed by atoms with Crippen LogP contribution in [0, 0.1) is 0 Å². The van der Waals surface area contributed by atoms with Crippen LogP contribution >= 0.6 is 11.3 Å². The van der Waals surface area contributed by atoms with E-state index in [0.29, 0.717) is 16.6 Å². The predicted molar refractivity (Wildman–Crippen MR) is 90.2 cm³/mol. The van der Waals surface area contributed by atoms with E-state index in [1.165, 1.54) is 11.3 Å². The number of thiazole rings is 1. The highest BCUT2D eigenvalue weighted by atomic mass is 32.1. The Hall–Kier alpha value is -2.93. The number of anilines is 1. The van der Waals surface area contributed by atoms with Crippen LogP contribution in [-0.2, 0) is 11.2 Å². The number of benzene rings is 1. The van der Waals surface area contributed by atoms with Gasteiger partial charge in [-0.15, -0.1) is 11.3 Å². The van der Waals surface area contributed by atoms with Crippen molar-refractivity contribution < 1.29 is 14.3 Å². The Bertz CT molecular complexity index is 880. The van der Waals surface area contributed by atoms with Crippen molar-refractivity contribution in [1.82, 2.24) is 9.97 Å². The molecule has 2 aromatic heterocycles. The minimum absolute atomic E-state index is 0.124. The maximum Gasteiger partial charge on any atom is 0.231 e. The summed E-state index contributed by atoms with van der Waals surface area (Å²) in [6.45, 7) is 0.223. The molecule has 1 aliphatic heterocycles. The van der Waals surface area contributed by atoms with Gasteiger partial charge in [0.2, 0.25) is 12.7 Å². The first kappa shape index (κ1) is 14.6. The second-order valence-corrected chi connectivity index (χ2v) is 6.05. The van der Waals surface area contributed by atoms with Crippen LogP contribution in [-0.4, -0.2) is 22.7 Å². The van der Waals surface area contributed by atoms with Gasteiger partial charge in [0, 0.05) is 23.3 Å². The lowest BCUT2D eigenvalue weighted by Crippen LogP contribution is -2.14. The fourth-order valence-corrected chi connectivity index (χ4v) is 3.11. The standard InChI is InChI=1S/C17H13N3O3S/c21-16(7-11-3-4-14-15(6-11)23-10-22-14)20-17-19-13(9-24-17)12-2-1-5-18-8-12/h1-6,8-9H,7,10H2,(H,19,20,21). The van der Waals surface area contributed by atoms with Crippen molar-refractivity contribution >= 4 is 22.4 Å². The van der Waals surface area contributed by atoms with Crippen LogP contribution in [0.2, 0.25) is 0 Å². The van der Waals surface area contributed by atoms with Crippen molar-refractivity contribution in [3.63, 3.8) is 0 Å². The van der Waals surface area contributed by atoms with Crippen molar-refractivity contribution in [3.05, 3.63) is 53.7 Å². The van der Waals surface area contributed by atoms with E-state index in [9.17, 15) is 4.79 Å². The first-order valence-corrected chi connectivity index (χ1v) is 8.20. The van der Waals surface area contributed by atoms with Gasteiger partial charge >= 0.3 is 0 Å². The van der Waals surface area contributed by atoms with Crippen molar-refractivity contribution in [1.29, 1.82) is 0 Å². The molecule has 0 aliphatic carbocycles. The van der Waals surface area contributed by atoms with Crippen LogP contribution in [0.15, 0.2) is 48.1 Å². The Morgan fingerprint density at radius 2 is 2.17 bits per heavy atom. The van der Waals surface area contributed by atoms with Crippen molar-refractivity contribution in [2.75, 3.05) is 12.1 Å². The lowest BCUT2D eigenvalue weighted by Gasteiger charge is -2.03. The Labute approximate surface area is 142 Å². The minimum Gasteiger partial charge on any atom is -0.454 e. The molecule has 1 aliphatic rings. The lowest BCUT2D eigenvalue weighted by molar-refractivity contribution is -0.115. The molecule has 0 saturated carbocycles. The smallest absolute Gasteiger partial charge is 0.231 e. The number of hydrogen-bond acceptors (Lipinski definition) is 6. The summed E-state index contributed by atoms with van der Waals surface area (Å²) in [5.41, 5.74) is 2.58. The number of aromatic nitrogens is 2. The summed E-state index contributed by atoms with van der Waals surface area (Å²) in [4.78, 5) is 20.7. The fraction of sp³-hybridized carbons (Fsp3) is 0.118. The number of fused-ring (bicyclic) bond motifs is 1. The third-order valence-corrected chi connectivity index (χ3v) is 4.27. The van der Waals surface area contributed by atoms with Gasteiger partial charge in [0.25, 0.3) is 0 Å². The molecule has 7 heteroatoms. The summed E-state index contributed by atoms with van der Waals surface area (Å²) in [5, 5.41) is 5.29. The van der Waals surface area contributed by atoms with E-state index in [1.807, 2.05) is 35.7 Å². The monoisotopic (exact) mass is 339 g/mol. The van der Waals surface area contributed by atoms with E-state index in [-0.39, 0.29) is 19.1 Å². The lowest BCUT2D eigenvalue weighted by atomic mass is 10.1. The molecule has 1 aromatic carbocycles. The van der Waals surface area contributed by atoms with Gasteiger partial charge in [-0.2, -0.15) is 0 Å². The molecule has 24 heavy (non-hydrogen) atoms. The fourth-order valence-electron chi connectivity index (χ4n) is 2.38. The van der Waals surface area contributed by atoms with E-state index >= 15 is 0 Å². The minimum atomic E-state index is -0.124. The zero-order chi connectivity index (χ0) is 16.4. The SMILES string of the molecule is O=C(Cc1ccc2c(c1)OCO2)Nc1nc(-c2cccnc2)cs1. The number of hydrogen-bond donors (Lipinski definition) is 1. The molecule has 3 aromatic rings. The highest BCUT2D eigenvalue weighted by Gasteiger charge is 2.15. The molecule has 0 fully saturated rings. The van der Waals surface area contributed by atoms with Crippen LogP contribution in [0.1, 0.15) is 5.56 Å². The molecule has 0 radical (unpaired) electrons. The third-order valence-electron chi connectivity index (χ3n) is 3.51. The van der Waals surface area contributed by atoms with E-state index in [2.05, 4.69) is 15.3 Å². The van der Waals surface area contributed by atoms with E-state index in [0.717, 1.165) is 16.8 Å². The summed E-state index contributed by atoms with van der Waals surface area (Å²) in [7, 11) is 0. The number of nitrogens with zero attached hydrogens (tertiary/aromatic N) is 2. The normalized spacial score (nSPS) is 12.2. The Morgan fingerprint density at radius 3 is 3.04 bits per heavy atom. The van der Waals surface area contributed by atoms with Crippen LogP contribution < -0.4 is 14.8 Å². The van der Waals surface area contributed by atoms with Gasteiger partial charge in [0.1, 0.15) is 0 Å². The number of carbonyl (C=O) groups is 1. The second kappa shape index (κ2) is 6.29. The van der Waals surface area contributed by atoms with E-state index in [1.54, 1.807) is 12.4 Å². The largest absolute Gasteiger partial charge is 0.454 e. The first-order valence-electron chi connectivity index (χ1n) is 7.32. The predicted octanol–water partition coefficient (Wildman–Crippen LogP) is 3.12. The molecule has 0 bridgehead atoms. The molecule has 1 N–H and O–H groups in total. The van der Waals surface area contributed by atoms with Gasteiger partial charge in [-0.1, -0.05) is 6.07 Å². The third kappa shape index (κ3) is 3.07. The number of rotatable bonds is 4. The van der Waals surface area contributed by atoms with Crippen LogP contribution in [0.5, 0.6) is 11.5 Å². The van der Waals surface area contributed by atoms with Gasteiger partial charge in [-0.05, 0) is 29.8 Å². The molecule has 120 valence electrons. The second-order valence-electron chi connectivity index (χ2n) is 5.19. The maximum absolute atomic E-state index is 12.2. The van der Waals surface area contributed by atoms with Crippen LogP contribution in [0.4, 0.5) is 5.13 Å². The average Bonchev–Trinajstić information content (AvgIpc) is 3.24. The molecule has 0 saturated heterocycles. The van der Waals surface area contributed by atoms with Gasteiger partial charge in [-0.25, -0.2) is 4.98 Å². The van der Waals surface area contributed by atoms with Gasteiger partial charge in [0.05, 0.1) is 12.1 Å². The molecular weight excluding hydrogens is 326 g/mol. The molecule has 0 spiro atoms. The maximum atomic E-state index is 12.2. The Morgan fingerprint density at radius 1 is 1.25 bits per heavy atom. The number of nitrogens with one attached hydrogen (secondary N) is 1. The van der Waals surface area contributed by atoms with E-state index < -0.39 is 0 Å². The van der Waals surface area contributed by atoms with Gasteiger partial charge in [-0.3, -0.25) is 9.78 Å². The first-order chi connectivity index (χ1) is 11.8. The number of ether oxygens (including phenoxy) is 2. The molecule has 0 atom stereocenters. The van der Waals surface area contributed by atoms with Gasteiger partial charge < -0.3 is 14.8 Å². The molecule has 0 unspecified atom stereocenters. The molecule has 1 amide bonds. The number of amides is 1. The van der Waals surface area contributed by atoms with Crippen molar-refractivity contribution in [3.8, 4) is 22.8 Å². The Balaban J connectivity index is 1.42. The topological polar surface area (TPSA) is 73.3 Å². The summed E-state index contributed by atoms with van der Waals surface area (Å²) in [6.07, 6.45) is 3.70.